The molecule has 0 aliphatic heterocycles. The van der Waals surface area contributed by atoms with Gasteiger partial charge in [0.2, 0.25) is 5.91 Å². The van der Waals surface area contributed by atoms with Gasteiger partial charge in [-0.2, -0.15) is 5.26 Å². The number of amides is 2. The van der Waals surface area contributed by atoms with E-state index in [1.54, 1.807) is 32.9 Å². The van der Waals surface area contributed by atoms with Gasteiger partial charge in [0, 0.05) is 11.6 Å². The highest BCUT2D eigenvalue weighted by Crippen LogP contribution is 2.32. The Hall–Kier alpha value is -5.08. The zero-order chi connectivity index (χ0) is 27.9. The third-order valence-electron chi connectivity index (χ3n) is 5.26. The molecule has 0 fully saturated rings. The lowest BCUT2D eigenvalue weighted by Gasteiger charge is -2.21. The summed E-state index contributed by atoms with van der Waals surface area (Å²) in [7, 11) is 1.43. The van der Waals surface area contributed by atoms with E-state index in [2.05, 4.69) is 40.8 Å². The minimum Gasteiger partial charge on any atom is -0.497 e. The number of nitrogens with zero attached hydrogens (tertiary/aromatic N) is 1. The average Bonchev–Trinajstić information content (AvgIpc) is 2.86. The molecule has 2 amide bonds. The third-order valence-corrected chi connectivity index (χ3v) is 5.26. The lowest BCUT2D eigenvalue weighted by molar-refractivity contribution is -0.115. The number of nitriles is 1. The van der Waals surface area contributed by atoms with Crippen molar-refractivity contribution in [2.45, 2.75) is 32.8 Å². The van der Waals surface area contributed by atoms with Gasteiger partial charge in [0.1, 0.15) is 11.4 Å². The number of carbonyl (C=O) groups excluding carboxylic acids is 3. The maximum Gasteiger partial charge on any atom is 0.412 e. The predicted octanol–water partition coefficient (Wildman–Crippen LogP) is 5.77. The molecule has 8 nitrogen and oxygen atoms in total. The van der Waals surface area contributed by atoms with Gasteiger partial charge in [-0.05, 0) is 50.1 Å². The van der Waals surface area contributed by atoms with Gasteiger partial charge in [-0.1, -0.05) is 42.3 Å². The summed E-state index contributed by atoms with van der Waals surface area (Å²) in [4.78, 5) is 37.3. The fourth-order valence-electron chi connectivity index (χ4n) is 3.35. The fourth-order valence-corrected chi connectivity index (χ4v) is 3.35. The first kappa shape index (κ1) is 27.5. The number of nitrogens with one attached hydrogen (secondary N) is 2. The average molecular weight is 510 g/mol. The Bertz CT molecular complexity index is 1430. The highest BCUT2D eigenvalue weighted by molar-refractivity contribution is 6.12. The van der Waals surface area contributed by atoms with E-state index in [9.17, 15) is 14.4 Å². The maximum absolute atomic E-state index is 12.6. The molecule has 0 atom stereocenters. The standard InChI is InChI=1S/C24H23N3O5.C6H4/c1-6-16-11-18(31-5)12-19(26-23(30)32-24(2,3)4)22(16)27-21(29)13-20(28)17-9-7-8-15(10-17)14-25;1-2-6-4-3-5(1)6/h1,7-12H,13H2,2-5H3,(H,26,30)(H,27,29);1-4H. The van der Waals surface area contributed by atoms with Gasteiger partial charge in [-0.3, -0.25) is 14.9 Å². The molecule has 0 radical (unpaired) electrons. The molecule has 2 aliphatic rings. The molecule has 0 heterocycles. The number of carbonyl (C=O) groups is 3. The molecule has 0 unspecified atom stereocenters. The number of rotatable bonds is 6. The number of terminal acetylenes is 1. The molecular weight excluding hydrogens is 482 g/mol. The number of hydrogen-bond acceptors (Lipinski definition) is 6. The monoisotopic (exact) mass is 509 g/mol. The Morgan fingerprint density at radius 1 is 0.974 bits per heavy atom. The number of fused-ring (bicyclic) bond motifs is 1. The normalized spacial score (nSPS) is 10.5. The summed E-state index contributed by atoms with van der Waals surface area (Å²) >= 11 is 0. The van der Waals surface area contributed by atoms with E-state index < -0.39 is 29.8 Å². The maximum atomic E-state index is 12.6. The quantitative estimate of drug-likeness (QED) is 0.193. The summed E-state index contributed by atoms with van der Waals surface area (Å²) in [6.07, 6.45) is 4.33. The van der Waals surface area contributed by atoms with Crippen LogP contribution in [0.1, 0.15) is 48.7 Å². The molecule has 2 aliphatic carbocycles. The van der Waals surface area contributed by atoms with Crippen LogP contribution in [0.5, 0.6) is 5.75 Å². The second-order valence-electron chi connectivity index (χ2n) is 9.29. The Morgan fingerprint density at radius 2 is 1.63 bits per heavy atom. The highest BCUT2D eigenvalue weighted by Gasteiger charge is 2.21. The summed E-state index contributed by atoms with van der Waals surface area (Å²) in [6, 6.07) is 19.5. The van der Waals surface area contributed by atoms with Crippen molar-refractivity contribution < 1.29 is 23.9 Å². The van der Waals surface area contributed by atoms with Crippen LogP contribution in [0.4, 0.5) is 16.2 Å². The van der Waals surface area contributed by atoms with Crippen LogP contribution in [-0.2, 0) is 9.53 Å². The predicted molar refractivity (Wildman–Crippen MR) is 145 cm³/mol. The van der Waals surface area contributed by atoms with Crippen LogP contribution in [0, 0.1) is 23.7 Å². The van der Waals surface area contributed by atoms with Gasteiger partial charge in [0.05, 0.1) is 42.1 Å². The molecule has 4 rings (SSSR count). The number of anilines is 2. The Balaban J connectivity index is 0.000000572. The molecule has 192 valence electrons. The number of ketones is 1. The van der Waals surface area contributed by atoms with Gasteiger partial charge in [0.15, 0.2) is 5.78 Å². The van der Waals surface area contributed by atoms with Gasteiger partial charge in [0.25, 0.3) is 0 Å². The molecule has 0 aromatic heterocycles. The van der Waals surface area contributed by atoms with Crippen molar-refractivity contribution in [2.75, 3.05) is 17.7 Å². The third kappa shape index (κ3) is 7.22. The summed E-state index contributed by atoms with van der Waals surface area (Å²) < 4.78 is 10.5. The first-order chi connectivity index (χ1) is 18.0. The van der Waals surface area contributed by atoms with Gasteiger partial charge >= 0.3 is 6.09 Å². The largest absolute Gasteiger partial charge is 0.497 e. The van der Waals surface area contributed by atoms with Gasteiger partial charge in [-0.15, -0.1) is 6.42 Å². The van der Waals surface area contributed by atoms with E-state index >= 15 is 0 Å². The van der Waals surface area contributed by atoms with Crippen molar-refractivity contribution in [1.82, 2.24) is 0 Å². The summed E-state index contributed by atoms with van der Waals surface area (Å²) in [5.41, 5.74) is 3.17. The lowest BCUT2D eigenvalue weighted by atomic mass is 9.95. The Morgan fingerprint density at radius 3 is 2.13 bits per heavy atom. The molecule has 8 heteroatoms. The van der Waals surface area contributed by atoms with E-state index in [1.807, 2.05) is 6.07 Å². The van der Waals surface area contributed by atoms with E-state index in [1.165, 1.54) is 42.5 Å². The van der Waals surface area contributed by atoms with Gasteiger partial charge in [-0.25, -0.2) is 4.79 Å². The molecule has 38 heavy (non-hydrogen) atoms. The number of hydrogen-bond donors (Lipinski definition) is 2. The van der Waals surface area contributed by atoms with Crippen LogP contribution in [0.3, 0.4) is 0 Å². The van der Waals surface area contributed by atoms with Crippen molar-refractivity contribution in [3.8, 4) is 35.3 Å². The second-order valence-corrected chi connectivity index (χ2v) is 9.29. The topological polar surface area (TPSA) is 118 Å². The lowest BCUT2D eigenvalue weighted by Crippen LogP contribution is -2.28. The fraction of sp³-hybridized carbons (Fsp3) is 0.200. The van der Waals surface area contributed by atoms with Crippen LogP contribution in [0.2, 0.25) is 0 Å². The zero-order valence-electron chi connectivity index (χ0n) is 21.5. The number of benzene rings is 3. The molecular formula is C30H27N3O5. The smallest absolute Gasteiger partial charge is 0.412 e. The van der Waals surface area contributed by atoms with Crippen molar-refractivity contribution >= 4 is 29.2 Å². The van der Waals surface area contributed by atoms with E-state index in [0.717, 1.165) is 0 Å². The second kappa shape index (κ2) is 11.8. The molecule has 2 aromatic rings. The van der Waals surface area contributed by atoms with Crippen molar-refractivity contribution in [1.29, 1.82) is 5.26 Å². The van der Waals surface area contributed by atoms with Crippen molar-refractivity contribution in [3.05, 3.63) is 77.4 Å². The minimum atomic E-state index is -0.756. The van der Waals surface area contributed by atoms with E-state index in [-0.39, 0.29) is 22.5 Å². The van der Waals surface area contributed by atoms with Crippen LogP contribution in [0.15, 0.2) is 60.7 Å². The highest BCUT2D eigenvalue weighted by atomic mass is 16.6. The number of methoxy groups -OCH3 is 1. The molecule has 0 saturated carbocycles. The van der Waals surface area contributed by atoms with Crippen molar-refractivity contribution in [3.63, 3.8) is 0 Å². The number of Topliss-reactive ketones (excluding diaryl/α,β-unsaturated/α-hetero) is 1. The summed E-state index contributed by atoms with van der Waals surface area (Å²) in [5.74, 6) is 1.66. The Kier molecular flexibility index (Phi) is 8.52. The molecule has 0 saturated heterocycles. The summed E-state index contributed by atoms with van der Waals surface area (Å²) in [6.45, 7) is 5.13. The van der Waals surface area contributed by atoms with Crippen LogP contribution in [0.25, 0.3) is 11.1 Å². The number of ether oxygens (including phenoxy) is 2. The van der Waals surface area contributed by atoms with E-state index in [0.29, 0.717) is 11.3 Å². The minimum absolute atomic E-state index is 0.128. The molecule has 0 spiro atoms. The first-order valence-corrected chi connectivity index (χ1v) is 11.6. The van der Waals surface area contributed by atoms with Crippen LogP contribution < -0.4 is 15.4 Å². The zero-order valence-corrected chi connectivity index (χ0v) is 21.5. The van der Waals surface area contributed by atoms with E-state index in [4.69, 9.17) is 21.2 Å². The summed E-state index contributed by atoms with van der Waals surface area (Å²) in [5, 5.41) is 14.1. The van der Waals surface area contributed by atoms with Gasteiger partial charge < -0.3 is 14.8 Å². The van der Waals surface area contributed by atoms with Crippen LogP contribution in [-0.4, -0.2) is 30.5 Å². The molecule has 2 N–H and O–H groups in total. The van der Waals surface area contributed by atoms with Crippen LogP contribution >= 0.6 is 0 Å². The Labute approximate surface area is 221 Å². The SMILES string of the molecule is C#Cc1cc(OC)cc(NC(=O)OC(C)(C)C)c1NC(=O)CC(=O)c1cccc(C#N)c1.c1cc2ccc1-2. The molecule has 2 aromatic carbocycles. The van der Waals surface area contributed by atoms with Crippen molar-refractivity contribution in [2.24, 2.45) is 0 Å². The first-order valence-electron chi connectivity index (χ1n) is 11.6. The molecule has 0 bridgehead atoms.